The molecule has 0 radical (unpaired) electrons. The molecule has 1 amide bonds. The van der Waals surface area contributed by atoms with Crippen molar-refractivity contribution in [3.8, 4) is 0 Å². The highest BCUT2D eigenvalue weighted by Crippen LogP contribution is 2.32. The van der Waals surface area contributed by atoms with Crippen LogP contribution in [0.4, 0.5) is 18.9 Å². The minimum atomic E-state index is -4.36. The number of halogens is 3. The number of rotatable bonds is 8. The second-order valence-corrected chi connectivity index (χ2v) is 8.30. The number of fused-ring (bicyclic) bond motifs is 1. The molecule has 35 heavy (non-hydrogen) atoms. The third-order valence-corrected chi connectivity index (χ3v) is 5.88. The van der Waals surface area contributed by atoms with Crippen LogP contribution < -0.4 is 10.2 Å². The Hall–Kier alpha value is -3.81. The number of aryl methyl sites for hydroxylation is 2. The summed E-state index contributed by atoms with van der Waals surface area (Å²) in [6, 6.07) is 19.7. The molecule has 0 spiro atoms. The van der Waals surface area contributed by atoms with E-state index >= 15 is 0 Å². The number of aromatic nitrogens is 1. The second-order valence-electron chi connectivity index (χ2n) is 8.30. The highest BCUT2D eigenvalue weighted by atomic mass is 19.4. The van der Waals surface area contributed by atoms with Crippen molar-refractivity contribution in [2.45, 2.75) is 32.0 Å². The SMILES string of the molecule is CNC(=O)[C@H](c1ccccc1)N(CCCc1ccc(C(F)(F)F)cc1)c1ccc2nc(C)oc2c1. The zero-order valence-corrected chi connectivity index (χ0v) is 19.5. The average molecular weight is 482 g/mol. The van der Waals surface area contributed by atoms with Crippen molar-refractivity contribution < 1.29 is 22.4 Å². The van der Waals surface area contributed by atoms with Gasteiger partial charge < -0.3 is 14.6 Å². The lowest BCUT2D eigenvalue weighted by Crippen LogP contribution is -2.40. The molecule has 1 atom stereocenters. The topological polar surface area (TPSA) is 58.4 Å². The summed E-state index contributed by atoms with van der Waals surface area (Å²) < 4.78 is 44.4. The number of anilines is 1. The van der Waals surface area contributed by atoms with Gasteiger partial charge >= 0.3 is 6.18 Å². The lowest BCUT2D eigenvalue weighted by atomic mass is 10.0. The molecule has 0 saturated heterocycles. The molecule has 0 bridgehead atoms. The van der Waals surface area contributed by atoms with E-state index in [0.29, 0.717) is 30.9 Å². The van der Waals surface area contributed by atoms with Crippen LogP contribution in [0.3, 0.4) is 0 Å². The van der Waals surface area contributed by atoms with E-state index in [1.165, 1.54) is 12.1 Å². The van der Waals surface area contributed by atoms with E-state index in [9.17, 15) is 18.0 Å². The Bertz CT molecular complexity index is 1280. The first-order chi connectivity index (χ1) is 16.8. The minimum Gasteiger partial charge on any atom is -0.441 e. The first kappa shape index (κ1) is 24.3. The van der Waals surface area contributed by atoms with Crippen LogP contribution in [0.2, 0.25) is 0 Å². The summed E-state index contributed by atoms with van der Waals surface area (Å²) in [6.07, 6.45) is -3.17. The fourth-order valence-corrected chi connectivity index (χ4v) is 4.17. The molecule has 0 unspecified atom stereocenters. The summed E-state index contributed by atoms with van der Waals surface area (Å²) in [5.74, 6) is 0.386. The first-order valence-corrected chi connectivity index (χ1v) is 11.3. The van der Waals surface area contributed by atoms with Crippen molar-refractivity contribution in [1.82, 2.24) is 10.3 Å². The predicted molar refractivity (Wildman–Crippen MR) is 129 cm³/mol. The van der Waals surface area contributed by atoms with Crippen LogP contribution in [0.15, 0.2) is 77.2 Å². The summed E-state index contributed by atoms with van der Waals surface area (Å²) in [7, 11) is 1.60. The Morgan fingerprint density at radius 3 is 2.43 bits per heavy atom. The summed E-state index contributed by atoms with van der Waals surface area (Å²) in [4.78, 5) is 19.4. The molecule has 0 aliphatic heterocycles. The van der Waals surface area contributed by atoms with E-state index in [2.05, 4.69) is 10.3 Å². The number of hydrogen-bond acceptors (Lipinski definition) is 4. The number of alkyl halides is 3. The molecule has 5 nitrogen and oxygen atoms in total. The number of carbonyl (C=O) groups is 1. The fourth-order valence-electron chi connectivity index (χ4n) is 4.17. The zero-order valence-electron chi connectivity index (χ0n) is 19.5. The van der Waals surface area contributed by atoms with Crippen molar-refractivity contribution in [2.75, 3.05) is 18.5 Å². The number of likely N-dealkylation sites (N-methyl/N-ethyl adjacent to an activating group) is 1. The van der Waals surface area contributed by atoms with Crippen LogP contribution in [0, 0.1) is 6.92 Å². The van der Waals surface area contributed by atoms with Crippen molar-refractivity contribution in [3.05, 3.63) is 95.4 Å². The van der Waals surface area contributed by atoms with Crippen molar-refractivity contribution in [1.29, 1.82) is 0 Å². The van der Waals surface area contributed by atoms with Gasteiger partial charge in [-0.05, 0) is 48.2 Å². The maximum Gasteiger partial charge on any atom is 0.416 e. The van der Waals surface area contributed by atoms with E-state index in [4.69, 9.17) is 4.42 Å². The minimum absolute atomic E-state index is 0.167. The molecule has 0 aliphatic carbocycles. The summed E-state index contributed by atoms with van der Waals surface area (Å²) in [6.45, 7) is 2.27. The van der Waals surface area contributed by atoms with E-state index in [1.54, 1.807) is 14.0 Å². The van der Waals surface area contributed by atoms with Crippen LogP contribution in [-0.2, 0) is 17.4 Å². The smallest absolute Gasteiger partial charge is 0.416 e. The molecule has 8 heteroatoms. The predicted octanol–water partition coefficient (Wildman–Crippen LogP) is 6.08. The van der Waals surface area contributed by atoms with E-state index in [-0.39, 0.29) is 5.91 Å². The van der Waals surface area contributed by atoms with Crippen molar-refractivity contribution in [3.63, 3.8) is 0 Å². The van der Waals surface area contributed by atoms with Gasteiger partial charge in [-0.25, -0.2) is 4.98 Å². The average Bonchev–Trinajstić information content (AvgIpc) is 3.22. The Morgan fingerprint density at radius 2 is 1.77 bits per heavy atom. The maximum atomic E-state index is 13.1. The van der Waals surface area contributed by atoms with Gasteiger partial charge in [0.25, 0.3) is 0 Å². The van der Waals surface area contributed by atoms with Gasteiger partial charge in [-0.2, -0.15) is 13.2 Å². The molecule has 4 rings (SSSR count). The van der Waals surface area contributed by atoms with Crippen LogP contribution in [0.25, 0.3) is 11.1 Å². The number of oxazole rings is 1. The monoisotopic (exact) mass is 481 g/mol. The largest absolute Gasteiger partial charge is 0.441 e. The van der Waals surface area contributed by atoms with Gasteiger partial charge in [0, 0.05) is 32.3 Å². The fraction of sp³-hybridized carbons (Fsp3) is 0.259. The van der Waals surface area contributed by atoms with Gasteiger partial charge in [0.05, 0.1) is 5.56 Å². The molecule has 3 aromatic carbocycles. The van der Waals surface area contributed by atoms with Gasteiger partial charge in [0.1, 0.15) is 11.6 Å². The molecule has 1 heterocycles. The molecule has 0 saturated carbocycles. The molecule has 0 fully saturated rings. The molecule has 182 valence electrons. The van der Waals surface area contributed by atoms with Crippen LogP contribution in [-0.4, -0.2) is 24.5 Å². The number of amides is 1. The third kappa shape index (κ3) is 5.65. The van der Waals surface area contributed by atoms with Crippen LogP contribution in [0.1, 0.15) is 35.0 Å². The van der Waals surface area contributed by atoms with Gasteiger partial charge in [0.2, 0.25) is 5.91 Å². The Kier molecular flexibility index (Phi) is 7.10. The number of carbonyl (C=O) groups excluding carboxylic acids is 1. The van der Waals surface area contributed by atoms with Gasteiger partial charge in [-0.3, -0.25) is 4.79 Å². The van der Waals surface area contributed by atoms with E-state index in [1.807, 2.05) is 53.4 Å². The summed E-state index contributed by atoms with van der Waals surface area (Å²) >= 11 is 0. The lowest BCUT2D eigenvalue weighted by Gasteiger charge is -2.33. The van der Waals surface area contributed by atoms with Crippen molar-refractivity contribution >= 4 is 22.7 Å². The van der Waals surface area contributed by atoms with Gasteiger partial charge in [0.15, 0.2) is 11.5 Å². The Balaban J connectivity index is 1.63. The van der Waals surface area contributed by atoms with E-state index in [0.717, 1.165) is 34.5 Å². The standard InChI is InChI=1S/C27H26F3N3O2/c1-18-32-23-15-14-22(17-24(23)35-18)33(25(26(34)31-2)20-8-4-3-5-9-20)16-6-7-19-10-12-21(13-11-19)27(28,29)30/h3-5,8-15,17,25H,6-7,16H2,1-2H3,(H,31,34)/t25-/m0/s1. The first-order valence-electron chi connectivity index (χ1n) is 11.3. The number of benzene rings is 3. The molecular formula is C27H26F3N3O2. The molecule has 4 aromatic rings. The van der Waals surface area contributed by atoms with Gasteiger partial charge in [-0.1, -0.05) is 42.5 Å². The molecule has 1 aromatic heterocycles. The normalized spacial score (nSPS) is 12.5. The maximum absolute atomic E-state index is 13.1. The number of nitrogens with one attached hydrogen (secondary N) is 1. The second kappa shape index (κ2) is 10.2. The van der Waals surface area contributed by atoms with Crippen LogP contribution >= 0.6 is 0 Å². The number of hydrogen-bond donors (Lipinski definition) is 1. The van der Waals surface area contributed by atoms with Crippen molar-refractivity contribution in [2.24, 2.45) is 0 Å². The van der Waals surface area contributed by atoms with E-state index < -0.39 is 17.8 Å². The highest BCUT2D eigenvalue weighted by molar-refractivity contribution is 5.87. The lowest BCUT2D eigenvalue weighted by molar-refractivity contribution is -0.137. The Labute approximate surface area is 201 Å². The van der Waals surface area contributed by atoms with Gasteiger partial charge in [-0.15, -0.1) is 0 Å². The quantitative estimate of drug-likeness (QED) is 0.331. The zero-order chi connectivity index (χ0) is 25.0. The third-order valence-electron chi connectivity index (χ3n) is 5.88. The summed E-state index contributed by atoms with van der Waals surface area (Å²) in [5.41, 5.74) is 3.11. The Morgan fingerprint density at radius 1 is 1.06 bits per heavy atom. The summed E-state index contributed by atoms with van der Waals surface area (Å²) in [5, 5.41) is 2.76. The molecule has 0 aliphatic rings. The molecular weight excluding hydrogens is 455 g/mol. The van der Waals surface area contributed by atoms with Crippen LogP contribution in [0.5, 0.6) is 0 Å². The molecule has 1 N–H and O–H groups in total. The number of nitrogens with zero attached hydrogens (tertiary/aromatic N) is 2. The highest BCUT2D eigenvalue weighted by Gasteiger charge is 2.30.